The zero-order chi connectivity index (χ0) is 18.6. The smallest absolute Gasteiger partial charge is 0.220 e. The lowest BCUT2D eigenvalue weighted by atomic mass is 9.73. The second-order valence-corrected chi connectivity index (χ2v) is 8.78. The molecule has 5 rings (SSSR count). The van der Waals surface area contributed by atoms with Crippen molar-refractivity contribution in [3.8, 4) is 0 Å². The van der Waals surface area contributed by atoms with Gasteiger partial charge in [0.25, 0.3) is 0 Å². The Bertz CT molecular complexity index is 865. The molecule has 3 aliphatic heterocycles. The molecule has 3 saturated heterocycles. The number of amides is 1. The molecule has 0 radical (unpaired) electrons. The number of carbonyl (C=O) groups is 1. The maximum Gasteiger partial charge on any atom is 0.220 e. The number of hydrogen-bond acceptors (Lipinski definition) is 5. The Morgan fingerprint density at radius 1 is 1.52 bits per heavy atom. The second-order valence-electron chi connectivity index (χ2n) is 8.78. The summed E-state index contributed by atoms with van der Waals surface area (Å²) in [5.41, 5.74) is 0.934. The van der Waals surface area contributed by atoms with Crippen molar-refractivity contribution in [1.29, 1.82) is 0 Å². The molecule has 3 fully saturated rings. The number of aromatic amines is 1. The van der Waals surface area contributed by atoms with E-state index in [1.807, 2.05) is 18.5 Å². The molecule has 2 bridgehead atoms. The molecule has 4 atom stereocenters. The zero-order valence-corrected chi connectivity index (χ0v) is 15.9. The lowest BCUT2D eigenvalue weighted by Crippen LogP contribution is -2.42. The molecule has 1 spiro atoms. The molecule has 2 aromatic rings. The predicted octanol–water partition coefficient (Wildman–Crippen LogP) is 2.10. The van der Waals surface area contributed by atoms with Crippen molar-refractivity contribution >= 4 is 22.6 Å². The van der Waals surface area contributed by atoms with Crippen molar-refractivity contribution in [2.24, 2.45) is 17.8 Å². The summed E-state index contributed by atoms with van der Waals surface area (Å²) in [7, 11) is 0. The number of pyridine rings is 1. The molecule has 0 aliphatic carbocycles. The number of hydrogen-bond donors (Lipinski definition) is 2. The van der Waals surface area contributed by atoms with E-state index >= 15 is 0 Å². The van der Waals surface area contributed by atoms with E-state index in [-0.39, 0.29) is 17.6 Å². The van der Waals surface area contributed by atoms with Gasteiger partial charge < -0.3 is 15.0 Å². The van der Waals surface area contributed by atoms with Crippen LogP contribution in [0.1, 0.15) is 33.1 Å². The molecule has 27 heavy (non-hydrogen) atoms. The van der Waals surface area contributed by atoms with Crippen LogP contribution in [0.3, 0.4) is 0 Å². The molecule has 1 amide bonds. The van der Waals surface area contributed by atoms with E-state index in [2.05, 4.69) is 39.2 Å². The Labute approximate surface area is 158 Å². The molecule has 5 heterocycles. The molecule has 7 nitrogen and oxygen atoms in total. The van der Waals surface area contributed by atoms with Crippen molar-refractivity contribution in [3.63, 3.8) is 0 Å². The number of anilines is 1. The van der Waals surface area contributed by atoms with Gasteiger partial charge >= 0.3 is 0 Å². The van der Waals surface area contributed by atoms with Gasteiger partial charge in [0.1, 0.15) is 5.82 Å². The largest absolute Gasteiger partial charge is 0.369 e. The molecule has 2 N–H and O–H groups in total. The summed E-state index contributed by atoms with van der Waals surface area (Å²) in [6, 6.07) is 1.95. The fraction of sp³-hybridized carbons (Fsp3) is 0.650. The molecular weight excluding hydrogens is 342 g/mol. The van der Waals surface area contributed by atoms with Crippen LogP contribution in [0, 0.1) is 17.8 Å². The highest BCUT2D eigenvalue weighted by Gasteiger charge is 2.63. The van der Waals surface area contributed by atoms with Crippen molar-refractivity contribution in [2.45, 2.75) is 44.8 Å². The fourth-order valence-corrected chi connectivity index (χ4v) is 5.40. The van der Waals surface area contributed by atoms with Crippen LogP contribution in [0.2, 0.25) is 0 Å². The van der Waals surface area contributed by atoms with E-state index < -0.39 is 0 Å². The highest BCUT2D eigenvalue weighted by molar-refractivity contribution is 5.89. The SMILES string of the molecule is CC(C)CC(=O)NC[C@H]1[C@H]2CN(c3nccc4[nH]ncc34)C[C@]23CC[C@H]1O3. The van der Waals surface area contributed by atoms with Crippen LogP contribution in [-0.4, -0.2) is 52.4 Å². The van der Waals surface area contributed by atoms with Crippen LogP contribution in [-0.2, 0) is 9.53 Å². The van der Waals surface area contributed by atoms with E-state index in [0.717, 1.165) is 49.2 Å². The summed E-state index contributed by atoms with van der Waals surface area (Å²) in [6.07, 6.45) is 6.77. The van der Waals surface area contributed by atoms with Gasteiger partial charge in [-0.2, -0.15) is 5.10 Å². The van der Waals surface area contributed by atoms with Gasteiger partial charge in [0.2, 0.25) is 5.91 Å². The van der Waals surface area contributed by atoms with Crippen LogP contribution < -0.4 is 10.2 Å². The van der Waals surface area contributed by atoms with E-state index in [0.29, 0.717) is 24.2 Å². The van der Waals surface area contributed by atoms with Crippen molar-refractivity contribution in [1.82, 2.24) is 20.5 Å². The first-order valence-corrected chi connectivity index (χ1v) is 10.0. The molecule has 3 aliphatic rings. The first-order valence-electron chi connectivity index (χ1n) is 10.0. The van der Waals surface area contributed by atoms with Crippen LogP contribution in [0.25, 0.3) is 10.9 Å². The molecule has 0 saturated carbocycles. The summed E-state index contributed by atoms with van der Waals surface area (Å²) in [5.74, 6) is 2.36. The van der Waals surface area contributed by atoms with Crippen LogP contribution >= 0.6 is 0 Å². The third-order valence-corrected chi connectivity index (χ3v) is 6.56. The van der Waals surface area contributed by atoms with Crippen molar-refractivity contribution in [3.05, 3.63) is 18.5 Å². The fourth-order valence-electron chi connectivity index (χ4n) is 5.40. The third kappa shape index (κ3) is 2.71. The number of carbonyl (C=O) groups excluding carboxylic acids is 1. The van der Waals surface area contributed by atoms with Gasteiger partial charge in [-0.1, -0.05) is 13.8 Å². The first kappa shape index (κ1) is 17.0. The van der Waals surface area contributed by atoms with Gasteiger partial charge in [0, 0.05) is 44.1 Å². The Morgan fingerprint density at radius 3 is 3.26 bits per heavy atom. The maximum absolute atomic E-state index is 12.1. The first-order chi connectivity index (χ1) is 13.1. The van der Waals surface area contributed by atoms with E-state index in [1.165, 1.54) is 0 Å². The Kier molecular flexibility index (Phi) is 3.89. The minimum atomic E-state index is -0.0777. The number of rotatable bonds is 5. The lowest BCUT2D eigenvalue weighted by Gasteiger charge is -2.29. The molecule has 144 valence electrons. The van der Waals surface area contributed by atoms with E-state index in [1.54, 1.807) is 0 Å². The standard InChI is InChI=1S/C20H27N5O2/c1-12(2)7-18(26)22-8-13-15-10-25(11-20(15)5-3-17(13)27-20)19-14-9-23-24-16(14)4-6-21-19/h4,6,9,12-13,15,17H,3,5,7-8,10-11H2,1-2H3,(H,22,26)(H,23,24)/t13-,15+,17+,20+/m0/s1. The minimum Gasteiger partial charge on any atom is -0.369 e. The summed E-state index contributed by atoms with van der Waals surface area (Å²) in [5, 5.41) is 11.4. The maximum atomic E-state index is 12.1. The van der Waals surface area contributed by atoms with Gasteiger partial charge in [-0.15, -0.1) is 0 Å². The zero-order valence-electron chi connectivity index (χ0n) is 15.9. The summed E-state index contributed by atoms with van der Waals surface area (Å²) in [6.45, 7) is 6.68. The van der Waals surface area contributed by atoms with Crippen molar-refractivity contribution in [2.75, 3.05) is 24.5 Å². The molecule has 7 heteroatoms. The monoisotopic (exact) mass is 369 g/mol. The molecule has 0 unspecified atom stereocenters. The Morgan fingerprint density at radius 2 is 2.41 bits per heavy atom. The topological polar surface area (TPSA) is 83.1 Å². The predicted molar refractivity (Wildman–Crippen MR) is 102 cm³/mol. The second kappa shape index (κ2) is 6.19. The third-order valence-electron chi connectivity index (χ3n) is 6.56. The van der Waals surface area contributed by atoms with Gasteiger partial charge in [-0.05, 0) is 24.8 Å². The number of ether oxygens (including phenoxy) is 1. The highest BCUT2D eigenvalue weighted by Crippen LogP contribution is 2.55. The van der Waals surface area contributed by atoms with Gasteiger partial charge in [0.05, 0.1) is 28.8 Å². The van der Waals surface area contributed by atoms with E-state index in [4.69, 9.17) is 4.74 Å². The summed E-state index contributed by atoms with van der Waals surface area (Å²) >= 11 is 0. The number of aromatic nitrogens is 3. The average molecular weight is 369 g/mol. The Balaban J connectivity index is 1.34. The molecule has 2 aromatic heterocycles. The van der Waals surface area contributed by atoms with Crippen LogP contribution in [0.4, 0.5) is 5.82 Å². The lowest BCUT2D eigenvalue weighted by molar-refractivity contribution is -0.122. The number of nitrogens with one attached hydrogen (secondary N) is 2. The number of nitrogens with zero attached hydrogens (tertiary/aromatic N) is 3. The van der Waals surface area contributed by atoms with Gasteiger partial charge in [0.15, 0.2) is 0 Å². The van der Waals surface area contributed by atoms with Gasteiger partial charge in [-0.25, -0.2) is 4.98 Å². The van der Waals surface area contributed by atoms with Crippen molar-refractivity contribution < 1.29 is 9.53 Å². The Hall–Kier alpha value is -2.15. The van der Waals surface area contributed by atoms with Gasteiger partial charge in [-0.3, -0.25) is 9.89 Å². The van der Waals surface area contributed by atoms with E-state index in [9.17, 15) is 4.79 Å². The molecule has 0 aromatic carbocycles. The number of fused-ring (bicyclic) bond motifs is 2. The molecular formula is C20H27N5O2. The number of H-pyrrole nitrogens is 1. The van der Waals surface area contributed by atoms with Crippen LogP contribution in [0.15, 0.2) is 18.5 Å². The minimum absolute atomic E-state index is 0.0777. The van der Waals surface area contributed by atoms with Crippen LogP contribution in [0.5, 0.6) is 0 Å². The highest BCUT2D eigenvalue weighted by atomic mass is 16.5. The summed E-state index contributed by atoms with van der Waals surface area (Å²) < 4.78 is 6.51. The summed E-state index contributed by atoms with van der Waals surface area (Å²) in [4.78, 5) is 19.1. The average Bonchev–Trinajstić information content (AvgIpc) is 3.37. The quantitative estimate of drug-likeness (QED) is 0.843. The normalized spacial score (nSPS) is 31.8.